The van der Waals surface area contributed by atoms with E-state index in [9.17, 15) is 0 Å². The number of anilines is 2. The van der Waals surface area contributed by atoms with Gasteiger partial charge in [-0.05, 0) is 54.4 Å². The molecule has 2 aromatic heterocycles. The van der Waals surface area contributed by atoms with Crippen molar-refractivity contribution in [2.75, 3.05) is 5.32 Å². The Morgan fingerprint density at radius 3 is 2.78 bits per heavy atom. The molecule has 0 saturated heterocycles. The molecule has 5 rings (SSSR count). The predicted molar refractivity (Wildman–Crippen MR) is 109 cm³/mol. The minimum Gasteiger partial charge on any atom is -0.323 e. The lowest BCUT2D eigenvalue weighted by atomic mass is 10.1. The number of fused-ring (bicyclic) bond motifs is 1. The first-order valence-corrected chi connectivity index (χ1v) is 9.89. The highest BCUT2D eigenvalue weighted by Gasteiger charge is 2.25. The van der Waals surface area contributed by atoms with Crippen LogP contribution >= 0.6 is 11.8 Å². The van der Waals surface area contributed by atoms with Crippen molar-refractivity contribution >= 4 is 34.2 Å². The van der Waals surface area contributed by atoms with Gasteiger partial charge >= 0.3 is 0 Å². The van der Waals surface area contributed by atoms with Crippen molar-refractivity contribution in [1.29, 1.82) is 0 Å². The molecule has 5 nitrogen and oxygen atoms in total. The molecule has 0 atom stereocenters. The van der Waals surface area contributed by atoms with Gasteiger partial charge in [0.25, 0.3) is 0 Å². The van der Waals surface area contributed by atoms with Crippen LogP contribution in [-0.2, 0) is 0 Å². The molecule has 2 N–H and O–H groups in total. The van der Waals surface area contributed by atoms with Gasteiger partial charge < -0.3 is 5.32 Å². The summed E-state index contributed by atoms with van der Waals surface area (Å²) >= 11 is 1.57. The maximum absolute atomic E-state index is 4.70. The Morgan fingerprint density at radius 2 is 1.93 bits per heavy atom. The van der Waals surface area contributed by atoms with Gasteiger partial charge in [0.05, 0.1) is 0 Å². The molecule has 6 heteroatoms. The standard InChI is InChI=1S/C21H19N5S/c1-13-12-22-21(27-17-9-8-14-4-2-3-5-16(14)10-17)24-20(13)23-19-11-18(25-26-19)15-6-7-15/h2-5,8-12,15H,6-7H2,1H3,(H2,22,23,24,25,26). The fraction of sp³-hybridized carbons (Fsp3) is 0.190. The number of hydrogen-bond acceptors (Lipinski definition) is 5. The van der Waals surface area contributed by atoms with Crippen LogP contribution < -0.4 is 5.32 Å². The topological polar surface area (TPSA) is 66.5 Å². The molecular weight excluding hydrogens is 354 g/mol. The molecule has 0 amide bonds. The molecule has 2 heterocycles. The van der Waals surface area contributed by atoms with Gasteiger partial charge in [-0.15, -0.1) is 0 Å². The van der Waals surface area contributed by atoms with Gasteiger partial charge in [-0.2, -0.15) is 5.10 Å². The summed E-state index contributed by atoms with van der Waals surface area (Å²) in [5, 5.41) is 14.0. The average molecular weight is 373 g/mol. The van der Waals surface area contributed by atoms with Gasteiger partial charge in [0, 0.05) is 34.3 Å². The first-order valence-electron chi connectivity index (χ1n) is 9.07. The number of aryl methyl sites for hydroxylation is 1. The summed E-state index contributed by atoms with van der Waals surface area (Å²) in [6.07, 6.45) is 4.36. The van der Waals surface area contributed by atoms with Crippen LogP contribution in [0.4, 0.5) is 11.6 Å². The summed E-state index contributed by atoms with van der Waals surface area (Å²) < 4.78 is 0. The number of rotatable bonds is 5. The third-order valence-electron chi connectivity index (χ3n) is 4.74. The fourth-order valence-electron chi connectivity index (χ4n) is 3.06. The summed E-state index contributed by atoms with van der Waals surface area (Å²) in [6.45, 7) is 2.00. The quantitative estimate of drug-likeness (QED) is 0.456. The van der Waals surface area contributed by atoms with Crippen molar-refractivity contribution in [3.05, 3.63) is 66.0 Å². The first-order chi connectivity index (χ1) is 13.2. The molecule has 0 aliphatic heterocycles. The Bertz CT molecular complexity index is 1120. The van der Waals surface area contributed by atoms with Crippen molar-refractivity contribution in [1.82, 2.24) is 20.2 Å². The molecule has 0 radical (unpaired) electrons. The minimum atomic E-state index is 0.651. The van der Waals surface area contributed by atoms with E-state index in [1.165, 1.54) is 29.3 Å². The second-order valence-corrected chi connectivity index (χ2v) is 7.94. The van der Waals surface area contributed by atoms with Crippen LogP contribution in [0.25, 0.3) is 10.8 Å². The van der Waals surface area contributed by atoms with Crippen LogP contribution in [0.1, 0.15) is 30.0 Å². The third-order valence-corrected chi connectivity index (χ3v) is 5.61. The van der Waals surface area contributed by atoms with E-state index >= 15 is 0 Å². The van der Waals surface area contributed by atoms with Crippen molar-refractivity contribution in [3.8, 4) is 0 Å². The zero-order chi connectivity index (χ0) is 18.2. The molecule has 0 unspecified atom stereocenters. The lowest BCUT2D eigenvalue weighted by molar-refractivity contribution is 0.948. The number of benzene rings is 2. The van der Waals surface area contributed by atoms with E-state index in [1.807, 2.05) is 13.1 Å². The Balaban J connectivity index is 1.38. The van der Waals surface area contributed by atoms with E-state index in [0.717, 1.165) is 27.3 Å². The van der Waals surface area contributed by atoms with E-state index in [2.05, 4.69) is 69.0 Å². The Labute approximate surface area is 161 Å². The lowest BCUT2D eigenvalue weighted by Crippen LogP contribution is -1.99. The molecule has 1 aliphatic rings. The van der Waals surface area contributed by atoms with Crippen molar-refractivity contribution in [2.24, 2.45) is 0 Å². The molecule has 1 saturated carbocycles. The second kappa shape index (κ2) is 6.70. The second-order valence-electron chi connectivity index (χ2n) is 6.90. The normalized spacial score (nSPS) is 13.8. The maximum atomic E-state index is 4.70. The molecular formula is C21H19N5S. The zero-order valence-corrected chi connectivity index (χ0v) is 15.8. The van der Waals surface area contributed by atoms with Crippen LogP contribution in [0.15, 0.2) is 64.8 Å². The summed E-state index contributed by atoms with van der Waals surface area (Å²) in [5.74, 6) is 2.25. The first kappa shape index (κ1) is 16.3. The average Bonchev–Trinajstić information content (AvgIpc) is 3.44. The highest BCUT2D eigenvalue weighted by Crippen LogP contribution is 2.39. The summed E-state index contributed by atoms with van der Waals surface area (Å²) in [4.78, 5) is 10.3. The largest absolute Gasteiger partial charge is 0.323 e. The van der Waals surface area contributed by atoms with Crippen LogP contribution in [0.3, 0.4) is 0 Å². The number of nitrogens with one attached hydrogen (secondary N) is 2. The van der Waals surface area contributed by atoms with Crippen molar-refractivity contribution in [2.45, 2.75) is 35.7 Å². The van der Waals surface area contributed by atoms with E-state index < -0.39 is 0 Å². The Kier molecular flexibility index (Phi) is 4.05. The molecule has 134 valence electrons. The third kappa shape index (κ3) is 3.53. The van der Waals surface area contributed by atoms with E-state index in [-0.39, 0.29) is 0 Å². The lowest BCUT2D eigenvalue weighted by Gasteiger charge is -2.08. The van der Waals surface area contributed by atoms with Gasteiger partial charge in [-0.25, -0.2) is 9.97 Å². The fourth-order valence-corrected chi connectivity index (χ4v) is 3.84. The molecule has 4 aromatic rings. The smallest absolute Gasteiger partial charge is 0.194 e. The van der Waals surface area contributed by atoms with Gasteiger partial charge in [0.1, 0.15) is 5.82 Å². The Morgan fingerprint density at radius 1 is 1.07 bits per heavy atom. The van der Waals surface area contributed by atoms with E-state index in [1.54, 1.807) is 11.8 Å². The molecule has 0 spiro atoms. The van der Waals surface area contributed by atoms with Crippen LogP contribution in [-0.4, -0.2) is 20.2 Å². The predicted octanol–water partition coefficient (Wildman–Crippen LogP) is 5.43. The van der Waals surface area contributed by atoms with Gasteiger partial charge in [-0.3, -0.25) is 5.10 Å². The van der Waals surface area contributed by atoms with Crippen LogP contribution in [0.5, 0.6) is 0 Å². The molecule has 1 fully saturated rings. The molecule has 27 heavy (non-hydrogen) atoms. The summed E-state index contributed by atoms with van der Waals surface area (Å²) in [5.41, 5.74) is 2.20. The number of hydrogen-bond donors (Lipinski definition) is 2. The number of H-pyrrole nitrogens is 1. The Hall–Kier alpha value is -2.86. The minimum absolute atomic E-state index is 0.651. The van der Waals surface area contributed by atoms with Crippen molar-refractivity contribution in [3.63, 3.8) is 0 Å². The molecule has 1 aliphatic carbocycles. The highest BCUT2D eigenvalue weighted by molar-refractivity contribution is 7.99. The SMILES string of the molecule is Cc1cnc(Sc2ccc3ccccc3c2)nc1Nc1cc(C2CC2)[nH]n1. The number of nitrogens with zero attached hydrogens (tertiary/aromatic N) is 3. The highest BCUT2D eigenvalue weighted by atomic mass is 32.2. The molecule has 2 aromatic carbocycles. The van der Waals surface area contributed by atoms with Gasteiger partial charge in [0.15, 0.2) is 11.0 Å². The van der Waals surface area contributed by atoms with E-state index in [0.29, 0.717) is 5.92 Å². The molecule has 0 bridgehead atoms. The van der Waals surface area contributed by atoms with Crippen LogP contribution in [0.2, 0.25) is 0 Å². The van der Waals surface area contributed by atoms with Crippen LogP contribution in [0, 0.1) is 6.92 Å². The maximum Gasteiger partial charge on any atom is 0.194 e. The zero-order valence-electron chi connectivity index (χ0n) is 14.9. The van der Waals surface area contributed by atoms with Crippen molar-refractivity contribution < 1.29 is 0 Å². The number of aromatic nitrogens is 4. The summed E-state index contributed by atoms with van der Waals surface area (Å²) in [7, 11) is 0. The monoisotopic (exact) mass is 373 g/mol. The number of aromatic amines is 1. The van der Waals surface area contributed by atoms with Gasteiger partial charge in [0.2, 0.25) is 0 Å². The van der Waals surface area contributed by atoms with E-state index in [4.69, 9.17) is 4.98 Å². The van der Waals surface area contributed by atoms with Gasteiger partial charge in [-0.1, -0.05) is 30.3 Å². The summed E-state index contributed by atoms with van der Waals surface area (Å²) in [6, 6.07) is 16.8.